The molecule has 0 aliphatic rings. The zero-order valence-corrected chi connectivity index (χ0v) is 11.5. The molecule has 0 aliphatic heterocycles. The third-order valence-electron chi connectivity index (χ3n) is 2.19. The molecule has 1 heterocycles. The molecule has 8 heteroatoms. The van der Waals surface area contributed by atoms with Crippen molar-refractivity contribution < 1.29 is 9.84 Å². The van der Waals surface area contributed by atoms with Crippen molar-refractivity contribution in [2.24, 2.45) is 5.10 Å². The van der Waals surface area contributed by atoms with Gasteiger partial charge in [0.25, 0.3) is 0 Å². The number of phenolic OH excluding ortho intramolecular Hbond substituents is 1. The molecule has 0 aliphatic carbocycles. The fraction of sp³-hybridized carbons (Fsp3) is 0.0909. The fourth-order valence-corrected chi connectivity index (χ4v) is 2.11. The molecule has 0 fully saturated rings. The van der Waals surface area contributed by atoms with Gasteiger partial charge >= 0.3 is 0 Å². The quantitative estimate of drug-likeness (QED) is 0.596. The number of nitrogen functional groups attached to an aromatic ring is 1. The predicted octanol–water partition coefficient (Wildman–Crippen LogP) is 2.54. The second-order valence-electron chi connectivity index (χ2n) is 3.49. The van der Waals surface area contributed by atoms with Crippen LogP contribution in [0.4, 0.5) is 10.9 Å². The maximum Gasteiger partial charge on any atom is 0.205 e. The summed E-state index contributed by atoms with van der Waals surface area (Å²) < 4.78 is 4.98. The second-order valence-corrected chi connectivity index (χ2v) is 4.76. The summed E-state index contributed by atoms with van der Waals surface area (Å²) in [6, 6.07) is 2.97. The van der Waals surface area contributed by atoms with Gasteiger partial charge in [-0.25, -0.2) is 4.98 Å². The number of hydrogen-bond donors (Lipinski definition) is 3. The lowest BCUT2D eigenvalue weighted by Gasteiger charge is -2.05. The number of thiazole rings is 1. The molecule has 1 aromatic heterocycles. The topological polar surface area (TPSA) is 92.8 Å². The zero-order valence-electron chi connectivity index (χ0n) is 9.92. The Hall–Kier alpha value is -1.99. The van der Waals surface area contributed by atoms with Gasteiger partial charge in [0, 0.05) is 17.0 Å². The third-order valence-corrected chi connectivity index (χ3v) is 3.25. The summed E-state index contributed by atoms with van der Waals surface area (Å²) >= 11 is 7.28. The minimum atomic E-state index is 0.0189. The summed E-state index contributed by atoms with van der Waals surface area (Å²) in [6.45, 7) is 0. The second kappa shape index (κ2) is 5.77. The Morgan fingerprint density at radius 3 is 3.00 bits per heavy atom. The van der Waals surface area contributed by atoms with Crippen LogP contribution in [0.25, 0.3) is 0 Å². The van der Waals surface area contributed by atoms with Crippen molar-refractivity contribution in [1.29, 1.82) is 0 Å². The first-order valence-electron chi connectivity index (χ1n) is 5.16. The molecule has 4 N–H and O–H groups in total. The van der Waals surface area contributed by atoms with E-state index in [1.54, 1.807) is 11.4 Å². The number of ether oxygens (including phenoxy) is 1. The number of rotatable bonds is 4. The first-order chi connectivity index (χ1) is 9.10. The fourth-order valence-electron chi connectivity index (χ4n) is 1.31. The van der Waals surface area contributed by atoms with Gasteiger partial charge in [-0.1, -0.05) is 11.6 Å². The van der Waals surface area contributed by atoms with Crippen LogP contribution in [-0.2, 0) is 0 Å². The molecule has 19 heavy (non-hydrogen) atoms. The molecule has 0 amide bonds. The molecular weight excluding hydrogens is 288 g/mol. The number of hydrogen-bond acceptors (Lipinski definition) is 7. The number of aromatic hydroxyl groups is 1. The SMILES string of the molecule is COc1cc(O)c(C=NNc2nc(N)cs2)cc1Cl. The van der Waals surface area contributed by atoms with Crippen molar-refractivity contribution >= 4 is 40.1 Å². The molecule has 0 bridgehead atoms. The van der Waals surface area contributed by atoms with Crippen LogP contribution in [0, 0.1) is 0 Å². The van der Waals surface area contributed by atoms with Crippen molar-refractivity contribution in [3.63, 3.8) is 0 Å². The number of phenols is 1. The summed E-state index contributed by atoms with van der Waals surface area (Å²) in [6.07, 6.45) is 1.43. The Kier molecular flexibility index (Phi) is 4.08. The average molecular weight is 299 g/mol. The van der Waals surface area contributed by atoms with Gasteiger partial charge in [0.15, 0.2) is 0 Å². The number of benzene rings is 1. The highest BCUT2D eigenvalue weighted by atomic mass is 35.5. The van der Waals surface area contributed by atoms with Gasteiger partial charge in [-0.15, -0.1) is 11.3 Å². The number of nitrogens with one attached hydrogen (secondary N) is 1. The summed E-state index contributed by atoms with van der Waals surface area (Å²) in [7, 11) is 1.48. The van der Waals surface area contributed by atoms with E-state index in [1.807, 2.05) is 0 Å². The summed E-state index contributed by atoms with van der Waals surface area (Å²) in [5.74, 6) is 0.848. The number of anilines is 2. The number of aromatic nitrogens is 1. The number of nitrogens with zero attached hydrogens (tertiary/aromatic N) is 2. The van der Waals surface area contributed by atoms with E-state index in [9.17, 15) is 5.11 Å². The first-order valence-corrected chi connectivity index (χ1v) is 6.42. The van der Waals surface area contributed by atoms with Crippen LogP contribution in [0.15, 0.2) is 22.6 Å². The van der Waals surface area contributed by atoms with E-state index >= 15 is 0 Å². The maximum atomic E-state index is 9.76. The van der Waals surface area contributed by atoms with Crippen LogP contribution < -0.4 is 15.9 Å². The Morgan fingerprint density at radius 2 is 2.37 bits per heavy atom. The predicted molar refractivity (Wildman–Crippen MR) is 77.4 cm³/mol. The molecule has 0 spiro atoms. The molecule has 0 radical (unpaired) electrons. The van der Waals surface area contributed by atoms with E-state index in [-0.39, 0.29) is 5.75 Å². The third kappa shape index (κ3) is 3.27. The Labute approximate surface area is 118 Å². The largest absolute Gasteiger partial charge is 0.507 e. The molecule has 1 aromatic carbocycles. The molecular formula is C11H11ClN4O2S. The number of hydrazone groups is 1. The molecule has 0 saturated carbocycles. The Bertz CT molecular complexity index is 615. The van der Waals surface area contributed by atoms with Crippen LogP contribution in [0.1, 0.15) is 5.56 Å². The maximum absolute atomic E-state index is 9.76. The Morgan fingerprint density at radius 1 is 1.58 bits per heavy atom. The van der Waals surface area contributed by atoms with Crippen LogP contribution in [-0.4, -0.2) is 23.4 Å². The van der Waals surface area contributed by atoms with Gasteiger partial charge < -0.3 is 15.6 Å². The average Bonchev–Trinajstić information content (AvgIpc) is 2.79. The van der Waals surface area contributed by atoms with Gasteiger partial charge in [-0.05, 0) is 6.07 Å². The lowest BCUT2D eigenvalue weighted by atomic mass is 10.2. The van der Waals surface area contributed by atoms with E-state index in [1.165, 1.54) is 30.7 Å². The first kappa shape index (κ1) is 13.4. The summed E-state index contributed by atoms with van der Waals surface area (Å²) in [5.41, 5.74) is 8.64. The van der Waals surface area contributed by atoms with Gasteiger partial charge in [-0.2, -0.15) is 5.10 Å². The minimum absolute atomic E-state index is 0.0189. The van der Waals surface area contributed by atoms with Crippen molar-refractivity contribution in [1.82, 2.24) is 4.98 Å². The molecule has 100 valence electrons. The Balaban J connectivity index is 2.12. The van der Waals surface area contributed by atoms with Gasteiger partial charge in [0.05, 0.1) is 18.3 Å². The highest BCUT2D eigenvalue weighted by molar-refractivity contribution is 7.14. The lowest BCUT2D eigenvalue weighted by molar-refractivity contribution is 0.408. The number of nitrogens with two attached hydrogens (primary N) is 1. The van der Waals surface area contributed by atoms with E-state index in [4.69, 9.17) is 22.1 Å². The van der Waals surface area contributed by atoms with Crippen LogP contribution in [0.2, 0.25) is 5.02 Å². The van der Waals surface area contributed by atoms with Crippen molar-refractivity contribution in [2.75, 3.05) is 18.3 Å². The summed E-state index contributed by atoms with van der Waals surface area (Å²) in [4.78, 5) is 3.97. The molecule has 0 atom stereocenters. The van der Waals surface area contributed by atoms with E-state index < -0.39 is 0 Å². The standard InChI is InChI=1S/C11H11ClN4O2S/c1-18-9-3-8(17)6(2-7(9)12)4-14-16-11-15-10(13)5-19-11/h2-5,17H,13H2,1H3,(H,15,16). The van der Waals surface area contributed by atoms with Gasteiger partial charge in [0.1, 0.15) is 17.3 Å². The molecule has 6 nitrogen and oxygen atoms in total. The van der Waals surface area contributed by atoms with Crippen LogP contribution in [0.5, 0.6) is 11.5 Å². The number of methoxy groups -OCH3 is 1. The highest BCUT2D eigenvalue weighted by Gasteiger charge is 2.06. The lowest BCUT2D eigenvalue weighted by Crippen LogP contribution is -1.92. The monoisotopic (exact) mass is 298 g/mol. The van der Waals surface area contributed by atoms with Crippen LogP contribution in [0.3, 0.4) is 0 Å². The number of halogens is 1. The van der Waals surface area contributed by atoms with Gasteiger partial charge in [0.2, 0.25) is 5.13 Å². The highest BCUT2D eigenvalue weighted by Crippen LogP contribution is 2.30. The molecule has 0 unspecified atom stereocenters. The smallest absolute Gasteiger partial charge is 0.205 e. The van der Waals surface area contributed by atoms with Crippen molar-refractivity contribution in [3.05, 3.63) is 28.1 Å². The normalized spacial score (nSPS) is 10.8. The van der Waals surface area contributed by atoms with Crippen LogP contribution >= 0.6 is 22.9 Å². The van der Waals surface area contributed by atoms with Gasteiger partial charge in [-0.3, -0.25) is 5.43 Å². The van der Waals surface area contributed by atoms with E-state index in [0.717, 1.165) is 0 Å². The molecule has 0 saturated heterocycles. The van der Waals surface area contributed by atoms with Crippen molar-refractivity contribution in [2.45, 2.75) is 0 Å². The van der Waals surface area contributed by atoms with E-state index in [0.29, 0.717) is 27.3 Å². The van der Waals surface area contributed by atoms with Crippen molar-refractivity contribution in [3.8, 4) is 11.5 Å². The van der Waals surface area contributed by atoms with E-state index in [2.05, 4.69) is 15.5 Å². The molecule has 2 aromatic rings. The molecule has 2 rings (SSSR count). The zero-order chi connectivity index (χ0) is 13.8. The minimum Gasteiger partial charge on any atom is -0.507 e. The summed E-state index contributed by atoms with van der Waals surface area (Å²) in [5, 5.41) is 16.3.